The van der Waals surface area contributed by atoms with Crippen molar-refractivity contribution in [3.63, 3.8) is 0 Å². The summed E-state index contributed by atoms with van der Waals surface area (Å²) >= 11 is 1.66. The minimum absolute atomic E-state index is 0.0436. The molecule has 0 radical (unpaired) electrons. The lowest BCUT2D eigenvalue weighted by Gasteiger charge is -2.22. The fourth-order valence-corrected chi connectivity index (χ4v) is 3.46. The summed E-state index contributed by atoms with van der Waals surface area (Å²) in [6, 6.07) is 22.7. The molecule has 130 valence electrons. The lowest BCUT2D eigenvalue weighted by atomic mass is 10.0. The number of nitriles is 1. The van der Waals surface area contributed by atoms with Crippen LogP contribution in [0.4, 0.5) is 5.69 Å². The van der Waals surface area contributed by atoms with E-state index in [-0.39, 0.29) is 11.9 Å². The molecular formula is C21H19N3OS. The second-order valence-electron chi connectivity index (χ2n) is 5.93. The molecule has 1 amide bonds. The Bertz CT molecular complexity index is 883. The zero-order valence-electron chi connectivity index (χ0n) is 14.3. The Labute approximate surface area is 157 Å². The van der Waals surface area contributed by atoms with Crippen molar-refractivity contribution in [1.82, 2.24) is 5.32 Å². The number of rotatable bonds is 6. The van der Waals surface area contributed by atoms with Gasteiger partial charge in [0.2, 0.25) is 5.91 Å². The highest BCUT2D eigenvalue weighted by molar-refractivity contribution is 7.10. The van der Waals surface area contributed by atoms with Gasteiger partial charge in [-0.05, 0) is 48.2 Å². The van der Waals surface area contributed by atoms with Gasteiger partial charge in [-0.1, -0.05) is 36.4 Å². The third kappa shape index (κ3) is 4.37. The summed E-state index contributed by atoms with van der Waals surface area (Å²) in [6.45, 7) is 1.85. The first-order valence-corrected chi connectivity index (χ1v) is 9.21. The molecule has 26 heavy (non-hydrogen) atoms. The summed E-state index contributed by atoms with van der Waals surface area (Å²) in [4.78, 5) is 13.7. The van der Waals surface area contributed by atoms with Crippen molar-refractivity contribution < 1.29 is 4.79 Å². The van der Waals surface area contributed by atoms with Gasteiger partial charge in [0.15, 0.2) is 0 Å². The van der Waals surface area contributed by atoms with Gasteiger partial charge >= 0.3 is 0 Å². The van der Waals surface area contributed by atoms with Gasteiger partial charge in [-0.3, -0.25) is 10.1 Å². The number of nitrogens with one attached hydrogen (secondary N) is 2. The number of benzene rings is 2. The molecule has 1 heterocycles. The standard InChI is InChI=1S/C21H19N3OS/c1-15(21(25)24-18-11-9-16(14-22)10-12-18)23-20(19-8-5-13-26-19)17-6-3-2-4-7-17/h2-13,15,20,23H,1H3,(H,24,25)/t15-,20-/m1/s1. The maximum absolute atomic E-state index is 12.6. The first-order chi connectivity index (χ1) is 12.7. The van der Waals surface area contributed by atoms with Crippen LogP contribution >= 0.6 is 11.3 Å². The van der Waals surface area contributed by atoms with E-state index in [1.165, 1.54) is 0 Å². The number of carbonyl (C=O) groups excluding carboxylic acids is 1. The molecule has 2 atom stereocenters. The average molecular weight is 361 g/mol. The summed E-state index contributed by atoms with van der Waals surface area (Å²) in [5, 5.41) is 17.2. The van der Waals surface area contributed by atoms with Gasteiger partial charge in [-0.15, -0.1) is 11.3 Å². The van der Waals surface area contributed by atoms with Crippen molar-refractivity contribution in [3.05, 3.63) is 88.1 Å². The van der Waals surface area contributed by atoms with E-state index in [1.807, 2.05) is 36.6 Å². The number of carbonyl (C=O) groups is 1. The van der Waals surface area contributed by atoms with Gasteiger partial charge in [0.1, 0.15) is 0 Å². The third-order valence-electron chi connectivity index (χ3n) is 4.05. The van der Waals surface area contributed by atoms with Gasteiger partial charge < -0.3 is 5.32 Å². The highest BCUT2D eigenvalue weighted by atomic mass is 32.1. The molecule has 0 saturated heterocycles. The average Bonchev–Trinajstić information content (AvgIpc) is 3.21. The van der Waals surface area contributed by atoms with Crippen molar-refractivity contribution in [3.8, 4) is 6.07 Å². The summed E-state index contributed by atoms with van der Waals surface area (Å²) in [7, 11) is 0. The molecule has 0 unspecified atom stereocenters. The quantitative estimate of drug-likeness (QED) is 0.687. The van der Waals surface area contributed by atoms with Gasteiger partial charge in [-0.25, -0.2) is 0 Å². The molecule has 1 aromatic heterocycles. The van der Waals surface area contributed by atoms with E-state index >= 15 is 0 Å². The second-order valence-corrected chi connectivity index (χ2v) is 6.91. The van der Waals surface area contributed by atoms with E-state index in [9.17, 15) is 4.79 Å². The molecule has 2 aromatic carbocycles. The Morgan fingerprint density at radius 3 is 2.38 bits per heavy atom. The number of hydrogen-bond acceptors (Lipinski definition) is 4. The molecule has 3 aromatic rings. The van der Waals surface area contributed by atoms with Crippen LogP contribution in [-0.4, -0.2) is 11.9 Å². The number of thiophene rings is 1. The minimum Gasteiger partial charge on any atom is -0.325 e. The Balaban J connectivity index is 1.72. The smallest absolute Gasteiger partial charge is 0.241 e. The summed E-state index contributed by atoms with van der Waals surface area (Å²) < 4.78 is 0. The zero-order chi connectivity index (χ0) is 18.4. The van der Waals surface area contributed by atoms with Crippen molar-refractivity contribution in [1.29, 1.82) is 5.26 Å². The summed E-state index contributed by atoms with van der Waals surface area (Å²) in [5.41, 5.74) is 2.36. The fraction of sp³-hybridized carbons (Fsp3) is 0.143. The van der Waals surface area contributed by atoms with E-state index < -0.39 is 6.04 Å². The predicted octanol–water partition coefficient (Wildman–Crippen LogP) is 4.33. The van der Waals surface area contributed by atoms with E-state index in [0.717, 1.165) is 10.4 Å². The van der Waals surface area contributed by atoms with Crippen molar-refractivity contribution in [2.75, 3.05) is 5.32 Å². The van der Waals surface area contributed by atoms with E-state index in [4.69, 9.17) is 5.26 Å². The molecule has 5 heteroatoms. The van der Waals surface area contributed by atoms with Crippen LogP contribution in [0.25, 0.3) is 0 Å². The molecule has 0 fully saturated rings. The maximum Gasteiger partial charge on any atom is 0.241 e. The van der Waals surface area contributed by atoms with Crippen molar-refractivity contribution in [2.24, 2.45) is 0 Å². The molecule has 0 spiro atoms. The van der Waals surface area contributed by atoms with Gasteiger partial charge in [0.25, 0.3) is 0 Å². The molecule has 2 N–H and O–H groups in total. The van der Waals surface area contributed by atoms with Crippen LogP contribution in [0.15, 0.2) is 72.1 Å². The van der Waals surface area contributed by atoms with Gasteiger partial charge in [0.05, 0.1) is 23.7 Å². The predicted molar refractivity (Wildman–Crippen MR) is 105 cm³/mol. The highest BCUT2D eigenvalue weighted by Crippen LogP contribution is 2.26. The van der Waals surface area contributed by atoms with Crippen LogP contribution in [0.5, 0.6) is 0 Å². The molecule has 4 nitrogen and oxygen atoms in total. The highest BCUT2D eigenvalue weighted by Gasteiger charge is 2.21. The lowest BCUT2D eigenvalue weighted by molar-refractivity contribution is -0.117. The molecule has 3 rings (SSSR count). The van der Waals surface area contributed by atoms with Crippen LogP contribution in [0, 0.1) is 11.3 Å². The monoisotopic (exact) mass is 361 g/mol. The van der Waals surface area contributed by atoms with E-state index in [2.05, 4.69) is 34.9 Å². The number of hydrogen-bond donors (Lipinski definition) is 2. The van der Waals surface area contributed by atoms with Crippen LogP contribution in [0.1, 0.15) is 29.0 Å². The molecule has 0 aliphatic carbocycles. The normalized spacial score (nSPS) is 12.8. The van der Waals surface area contributed by atoms with Crippen molar-refractivity contribution >= 4 is 22.9 Å². The van der Waals surface area contributed by atoms with Crippen LogP contribution in [0.3, 0.4) is 0 Å². The Hall–Kier alpha value is -2.94. The molecule has 0 aliphatic heterocycles. The maximum atomic E-state index is 12.6. The summed E-state index contributed by atoms with van der Waals surface area (Å²) in [5.74, 6) is -0.118. The minimum atomic E-state index is -0.391. The van der Waals surface area contributed by atoms with Gasteiger partial charge in [-0.2, -0.15) is 5.26 Å². The summed E-state index contributed by atoms with van der Waals surface area (Å²) in [6.07, 6.45) is 0. The lowest BCUT2D eigenvalue weighted by Crippen LogP contribution is -2.40. The zero-order valence-corrected chi connectivity index (χ0v) is 15.2. The number of anilines is 1. The van der Waals surface area contributed by atoms with Gasteiger partial charge in [0, 0.05) is 10.6 Å². The Morgan fingerprint density at radius 2 is 1.77 bits per heavy atom. The Morgan fingerprint density at radius 1 is 1.04 bits per heavy atom. The molecular weight excluding hydrogens is 342 g/mol. The molecule has 0 saturated carbocycles. The topological polar surface area (TPSA) is 64.9 Å². The van der Waals surface area contributed by atoms with E-state index in [0.29, 0.717) is 11.3 Å². The molecule has 0 bridgehead atoms. The van der Waals surface area contributed by atoms with Crippen LogP contribution in [0.2, 0.25) is 0 Å². The molecule has 0 aliphatic rings. The SMILES string of the molecule is C[C@@H](N[C@H](c1ccccc1)c1cccs1)C(=O)Nc1ccc(C#N)cc1. The first kappa shape index (κ1) is 17.9. The van der Waals surface area contributed by atoms with Crippen LogP contribution < -0.4 is 10.6 Å². The number of nitrogens with zero attached hydrogens (tertiary/aromatic N) is 1. The second kappa shape index (κ2) is 8.43. The third-order valence-corrected chi connectivity index (χ3v) is 4.99. The largest absolute Gasteiger partial charge is 0.325 e. The first-order valence-electron chi connectivity index (χ1n) is 8.33. The number of amides is 1. The fourth-order valence-electron chi connectivity index (χ4n) is 2.65. The van der Waals surface area contributed by atoms with E-state index in [1.54, 1.807) is 35.6 Å². The Kier molecular flexibility index (Phi) is 5.80. The van der Waals surface area contributed by atoms with Crippen molar-refractivity contribution in [2.45, 2.75) is 19.0 Å². The van der Waals surface area contributed by atoms with Crippen LogP contribution in [-0.2, 0) is 4.79 Å².